The molecule has 0 bridgehead atoms. The lowest BCUT2D eigenvalue weighted by Crippen LogP contribution is -2.28. The number of methoxy groups -OCH3 is 1. The molecular weight excluding hydrogens is 296 g/mol. The molecule has 0 spiro atoms. The van der Waals surface area contributed by atoms with Gasteiger partial charge in [-0.05, 0) is 24.6 Å². The summed E-state index contributed by atoms with van der Waals surface area (Å²) in [5.41, 5.74) is 2.20. The standard InChI is InChI=1S/C13H19BrN2O2/c1-10-3-4-11(9-12(10)14)15-6-5-13(17)16-7-8-18-2/h3-4,9,15H,5-8H2,1-2H3,(H,16,17). The number of rotatable bonds is 7. The minimum atomic E-state index is 0.0331. The number of halogens is 1. The number of carbonyl (C=O) groups is 1. The van der Waals surface area contributed by atoms with Crippen molar-refractivity contribution in [2.45, 2.75) is 13.3 Å². The van der Waals surface area contributed by atoms with E-state index in [4.69, 9.17) is 4.74 Å². The van der Waals surface area contributed by atoms with Crippen molar-refractivity contribution < 1.29 is 9.53 Å². The predicted molar refractivity (Wildman–Crippen MR) is 76.9 cm³/mol. The molecule has 1 rings (SSSR count). The molecule has 100 valence electrons. The minimum Gasteiger partial charge on any atom is -0.384 e. The van der Waals surface area contributed by atoms with E-state index in [1.54, 1.807) is 7.11 Å². The van der Waals surface area contributed by atoms with Gasteiger partial charge in [-0.25, -0.2) is 0 Å². The molecule has 0 saturated carbocycles. The number of carbonyl (C=O) groups excluding carboxylic acids is 1. The number of hydrogen-bond acceptors (Lipinski definition) is 3. The monoisotopic (exact) mass is 314 g/mol. The molecule has 4 nitrogen and oxygen atoms in total. The summed E-state index contributed by atoms with van der Waals surface area (Å²) in [4.78, 5) is 11.4. The van der Waals surface area contributed by atoms with Crippen LogP contribution in [-0.4, -0.2) is 32.7 Å². The highest BCUT2D eigenvalue weighted by atomic mass is 79.9. The second kappa shape index (κ2) is 8.11. The summed E-state index contributed by atoms with van der Waals surface area (Å²) < 4.78 is 5.92. The average molecular weight is 315 g/mol. The Morgan fingerprint density at radius 1 is 1.39 bits per heavy atom. The number of ether oxygens (including phenoxy) is 1. The zero-order valence-electron chi connectivity index (χ0n) is 10.8. The topological polar surface area (TPSA) is 50.4 Å². The van der Waals surface area contributed by atoms with Crippen LogP contribution in [0.3, 0.4) is 0 Å². The van der Waals surface area contributed by atoms with E-state index in [2.05, 4.69) is 26.6 Å². The van der Waals surface area contributed by atoms with Crippen LogP contribution in [0.25, 0.3) is 0 Å². The Hall–Kier alpha value is -1.07. The van der Waals surface area contributed by atoms with Gasteiger partial charge < -0.3 is 15.4 Å². The molecule has 0 atom stereocenters. The largest absolute Gasteiger partial charge is 0.384 e. The van der Waals surface area contributed by atoms with Gasteiger partial charge in [0, 0.05) is 36.8 Å². The third-order valence-corrected chi connectivity index (χ3v) is 3.34. The first kappa shape index (κ1) is 15.0. The van der Waals surface area contributed by atoms with Crippen LogP contribution in [0.4, 0.5) is 5.69 Å². The van der Waals surface area contributed by atoms with Crippen LogP contribution in [-0.2, 0) is 9.53 Å². The molecule has 0 aliphatic carbocycles. The van der Waals surface area contributed by atoms with E-state index < -0.39 is 0 Å². The second-order valence-electron chi connectivity index (χ2n) is 3.98. The molecule has 18 heavy (non-hydrogen) atoms. The number of amides is 1. The molecule has 1 aromatic rings. The summed E-state index contributed by atoms with van der Waals surface area (Å²) in [6, 6.07) is 6.05. The normalized spacial score (nSPS) is 10.2. The Morgan fingerprint density at radius 2 is 2.17 bits per heavy atom. The summed E-state index contributed by atoms with van der Waals surface area (Å²) in [6.45, 7) is 3.76. The molecule has 0 aliphatic rings. The van der Waals surface area contributed by atoms with Crippen molar-refractivity contribution in [3.63, 3.8) is 0 Å². The first-order chi connectivity index (χ1) is 8.63. The van der Waals surface area contributed by atoms with Gasteiger partial charge in [-0.2, -0.15) is 0 Å². The maximum atomic E-state index is 11.4. The van der Waals surface area contributed by atoms with Gasteiger partial charge in [0.2, 0.25) is 5.91 Å². The molecule has 5 heteroatoms. The zero-order chi connectivity index (χ0) is 13.4. The Labute approximate surface area is 116 Å². The van der Waals surface area contributed by atoms with Crippen molar-refractivity contribution in [2.75, 3.05) is 32.1 Å². The van der Waals surface area contributed by atoms with Crippen LogP contribution in [0, 0.1) is 6.92 Å². The van der Waals surface area contributed by atoms with Gasteiger partial charge in [-0.1, -0.05) is 22.0 Å². The second-order valence-corrected chi connectivity index (χ2v) is 4.84. The molecule has 0 saturated heterocycles. The molecule has 0 unspecified atom stereocenters. The number of hydrogen-bond donors (Lipinski definition) is 2. The van der Waals surface area contributed by atoms with Gasteiger partial charge >= 0.3 is 0 Å². The molecule has 0 radical (unpaired) electrons. The molecule has 1 aromatic carbocycles. The highest BCUT2D eigenvalue weighted by Gasteiger charge is 2.01. The third-order valence-electron chi connectivity index (χ3n) is 2.48. The lowest BCUT2D eigenvalue weighted by molar-refractivity contribution is -0.121. The van der Waals surface area contributed by atoms with Gasteiger partial charge in [-0.15, -0.1) is 0 Å². The van der Waals surface area contributed by atoms with Crippen molar-refractivity contribution >= 4 is 27.5 Å². The van der Waals surface area contributed by atoms with Crippen molar-refractivity contribution in [3.8, 4) is 0 Å². The quantitative estimate of drug-likeness (QED) is 0.759. The van der Waals surface area contributed by atoms with E-state index in [1.807, 2.05) is 25.1 Å². The average Bonchev–Trinajstić information content (AvgIpc) is 2.34. The van der Waals surface area contributed by atoms with Crippen LogP contribution in [0.5, 0.6) is 0 Å². The highest BCUT2D eigenvalue weighted by Crippen LogP contribution is 2.20. The lowest BCUT2D eigenvalue weighted by atomic mass is 10.2. The number of aryl methyl sites for hydroxylation is 1. The third kappa shape index (κ3) is 5.51. The van der Waals surface area contributed by atoms with Crippen LogP contribution in [0.1, 0.15) is 12.0 Å². The minimum absolute atomic E-state index is 0.0331. The Morgan fingerprint density at radius 3 is 2.83 bits per heavy atom. The first-order valence-corrected chi connectivity index (χ1v) is 6.68. The van der Waals surface area contributed by atoms with Gasteiger partial charge in [0.05, 0.1) is 6.61 Å². The smallest absolute Gasteiger partial charge is 0.221 e. The van der Waals surface area contributed by atoms with Crippen LogP contribution < -0.4 is 10.6 Å². The van der Waals surface area contributed by atoms with Crippen molar-refractivity contribution in [2.24, 2.45) is 0 Å². The molecule has 1 amide bonds. The van der Waals surface area contributed by atoms with E-state index >= 15 is 0 Å². The van der Waals surface area contributed by atoms with Crippen molar-refractivity contribution in [1.29, 1.82) is 0 Å². The fraction of sp³-hybridized carbons (Fsp3) is 0.462. The van der Waals surface area contributed by atoms with Crippen molar-refractivity contribution in [3.05, 3.63) is 28.2 Å². The molecule has 2 N–H and O–H groups in total. The Bertz CT molecular complexity index is 397. The van der Waals surface area contributed by atoms with E-state index in [1.165, 1.54) is 5.56 Å². The maximum Gasteiger partial charge on any atom is 0.221 e. The van der Waals surface area contributed by atoms with Gasteiger partial charge in [-0.3, -0.25) is 4.79 Å². The first-order valence-electron chi connectivity index (χ1n) is 5.89. The van der Waals surface area contributed by atoms with Gasteiger partial charge in [0.1, 0.15) is 0 Å². The van der Waals surface area contributed by atoms with Gasteiger partial charge in [0.25, 0.3) is 0 Å². The molecule has 0 aliphatic heterocycles. The van der Waals surface area contributed by atoms with Gasteiger partial charge in [0.15, 0.2) is 0 Å². The summed E-state index contributed by atoms with van der Waals surface area (Å²) >= 11 is 3.48. The molecule has 0 heterocycles. The maximum absolute atomic E-state index is 11.4. The Kier molecular flexibility index (Phi) is 6.75. The predicted octanol–water partition coefficient (Wildman–Crippen LogP) is 2.32. The molecular formula is C13H19BrN2O2. The highest BCUT2D eigenvalue weighted by molar-refractivity contribution is 9.10. The number of benzene rings is 1. The van der Waals surface area contributed by atoms with Crippen molar-refractivity contribution in [1.82, 2.24) is 5.32 Å². The van der Waals surface area contributed by atoms with Crippen LogP contribution in [0.2, 0.25) is 0 Å². The van der Waals surface area contributed by atoms with Crippen LogP contribution >= 0.6 is 15.9 Å². The zero-order valence-corrected chi connectivity index (χ0v) is 12.3. The van der Waals surface area contributed by atoms with E-state index in [-0.39, 0.29) is 5.91 Å². The lowest BCUT2D eigenvalue weighted by Gasteiger charge is -2.08. The fourth-order valence-electron chi connectivity index (χ4n) is 1.40. The molecule has 0 aromatic heterocycles. The number of nitrogens with one attached hydrogen (secondary N) is 2. The van der Waals surface area contributed by atoms with E-state index in [0.717, 1.165) is 10.2 Å². The summed E-state index contributed by atoms with van der Waals surface area (Å²) in [5, 5.41) is 5.99. The van der Waals surface area contributed by atoms with E-state index in [9.17, 15) is 4.79 Å². The summed E-state index contributed by atoms with van der Waals surface area (Å²) in [5.74, 6) is 0.0331. The summed E-state index contributed by atoms with van der Waals surface area (Å²) in [6.07, 6.45) is 0.454. The Balaban J connectivity index is 2.24. The summed E-state index contributed by atoms with van der Waals surface area (Å²) in [7, 11) is 1.61. The molecule has 0 fully saturated rings. The fourth-order valence-corrected chi connectivity index (χ4v) is 1.78. The van der Waals surface area contributed by atoms with Crippen LogP contribution in [0.15, 0.2) is 22.7 Å². The van der Waals surface area contributed by atoms with E-state index in [0.29, 0.717) is 26.1 Å². The SMILES string of the molecule is COCCNC(=O)CCNc1ccc(C)c(Br)c1. The number of anilines is 1.